The number of hydrogen-bond acceptors (Lipinski definition) is 6. The maximum atomic E-state index is 13.9. The lowest BCUT2D eigenvalue weighted by Gasteiger charge is -2.08. The number of hydrogen-bond donors (Lipinski definition) is 2. The number of aromatic nitrogens is 2. The van der Waals surface area contributed by atoms with Gasteiger partial charge in [0, 0.05) is 11.1 Å². The average Bonchev–Trinajstić information content (AvgIpc) is 3.28. The van der Waals surface area contributed by atoms with Gasteiger partial charge in [0.05, 0.1) is 5.56 Å². The molecular formula is C22H16FN3O4. The number of rotatable bonds is 6. The highest BCUT2D eigenvalue weighted by molar-refractivity contribution is 5.93. The van der Waals surface area contributed by atoms with Gasteiger partial charge in [-0.05, 0) is 35.9 Å². The molecule has 0 radical (unpaired) electrons. The molecule has 1 heterocycles. The maximum Gasteiger partial charge on any atom is 0.274 e. The standard InChI is InChI=1S/C22H16FN3O4/c23-19-7-2-1-6-18(19)22-24-20(26-30-22)15-10-8-14(9-11-15)13-29-17-5-3-4-16(12-17)21(27)25-28/h1-12,28H,13H2,(H,25,27). The van der Waals surface area contributed by atoms with Crippen LogP contribution in [0.3, 0.4) is 0 Å². The summed E-state index contributed by atoms with van der Waals surface area (Å²) >= 11 is 0. The Morgan fingerprint density at radius 3 is 2.63 bits per heavy atom. The first-order valence-corrected chi connectivity index (χ1v) is 8.99. The lowest BCUT2D eigenvalue weighted by atomic mass is 10.1. The number of nitrogens with one attached hydrogen (secondary N) is 1. The molecule has 1 amide bonds. The molecule has 30 heavy (non-hydrogen) atoms. The van der Waals surface area contributed by atoms with Crippen LogP contribution in [0.5, 0.6) is 5.75 Å². The first kappa shape index (κ1) is 19.3. The molecular weight excluding hydrogens is 389 g/mol. The normalized spacial score (nSPS) is 10.6. The van der Waals surface area contributed by atoms with E-state index < -0.39 is 11.7 Å². The second-order valence-electron chi connectivity index (χ2n) is 6.36. The molecule has 2 N–H and O–H groups in total. The molecule has 0 spiro atoms. The van der Waals surface area contributed by atoms with Crippen LogP contribution in [0, 0.1) is 5.82 Å². The van der Waals surface area contributed by atoms with Crippen molar-refractivity contribution < 1.29 is 23.7 Å². The smallest absolute Gasteiger partial charge is 0.274 e. The van der Waals surface area contributed by atoms with Crippen molar-refractivity contribution in [2.24, 2.45) is 0 Å². The van der Waals surface area contributed by atoms with Crippen molar-refractivity contribution >= 4 is 5.91 Å². The molecule has 4 aromatic rings. The van der Waals surface area contributed by atoms with Gasteiger partial charge in [-0.1, -0.05) is 47.6 Å². The molecule has 0 fully saturated rings. The Kier molecular flexibility index (Phi) is 5.49. The van der Waals surface area contributed by atoms with E-state index in [2.05, 4.69) is 10.1 Å². The minimum absolute atomic E-state index is 0.113. The molecule has 0 aliphatic carbocycles. The third kappa shape index (κ3) is 4.18. The van der Waals surface area contributed by atoms with Crippen LogP contribution in [0.15, 0.2) is 77.3 Å². The third-order valence-corrected chi connectivity index (χ3v) is 4.35. The van der Waals surface area contributed by atoms with Crippen molar-refractivity contribution in [2.45, 2.75) is 6.61 Å². The highest BCUT2D eigenvalue weighted by atomic mass is 19.1. The Labute approximate surface area is 170 Å². The fraction of sp³-hybridized carbons (Fsp3) is 0.0455. The number of carbonyl (C=O) groups excluding carboxylic acids is 1. The first-order valence-electron chi connectivity index (χ1n) is 8.99. The van der Waals surface area contributed by atoms with E-state index in [4.69, 9.17) is 14.5 Å². The second kappa shape index (κ2) is 8.54. The molecule has 0 saturated carbocycles. The summed E-state index contributed by atoms with van der Waals surface area (Å²) in [6, 6.07) is 20.0. The third-order valence-electron chi connectivity index (χ3n) is 4.35. The van der Waals surface area contributed by atoms with Gasteiger partial charge >= 0.3 is 0 Å². The van der Waals surface area contributed by atoms with Crippen molar-refractivity contribution in [1.29, 1.82) is 0 Å². The van der Waals surface area contributed by atoms with Gasteiger partial charge in [-0.25, -0.2) is 9.87 Å². The van der Waals surface area contributed by atoms with Gasteiger partial charge in [0.25, 0.3) is 11.8 Å². The predicted molar refractivity (Wildman–Crippen MR) is 105 cm³/mol. The van der Waals surface area contributed by atoms with Crippen molar-refractivity contribution in [1.82, 2.24) is 15.6 Å². The fourth-order valence-electron chi connectivity index (χ4n) is 2.79. The summed E-state index contributed by atoms with van der Waals surface area (Å²) in [5, 5.41) is 12.6. The van der Waals surface area contributed by atoms with Crippen molar-refractivity contribution in [2.75, 3.05) is 0 Å². The first-order chi connectivity index (χ1) is 14.6. The van der Waals surface area contributed by atoms with Crippen LogP contribution in [0.1, 0.15) is 15.9 Å². The van der Waals surface area contributed by atoms with Gasteiger partial charge in [0.2, 0.25) is 5.82 Å². The minimum atomic E-state index is -0.611. The lowest BCUT2D eigenvalue weighted by Crippen LogP contribution is -2.18. The molecule has 0 aliphatic rings. The highest BCUT2D eigenvalue weighted by Gasteiger charge is 2.14. The molecule has 3 aromatic carbocycles. The molecule has 0 saturated heterocycles. The summed E-state index contributed by atoms with van der Waals surface area (Å²) in [6.07, 6.45) is 0. The molecule has 0 bridgehead atoms. The van der Waals surface area contributed by atoms with Crippen LogP contribution in [-0.4, -0.2) is 21.3 Å². The minimum Gasteiger partial charge on any atom is -0.489 e. The molecule has 4 rings (SSSR count). The number of hydroxylamine groups is 1. The van der Waals surface area contributed by atoms with E-state index in [0.29, 0.717) is 17.1 Å². The Balaban J connectivity index is 1.44. The van der Waals surface area contributed by atoms with Gasteiger partial charge < -0.3 is 9.26 Å². The van der Waals surface area contributed by atoms with E-state index in [0.717, 1.165) is 5.56 Å². The van der Waals surface area contributed by atoms with Crippen LogP contribution in [0.4, 0.5) is 4.39 Å². The Hall–Kier alpha value is -4.04. The number of halogens is 1. The molecule has 0 aliphatic heterocycles. The summed E-state index contributed by atoms with van der Waals surface area (Å²) in [6.45, 7) is 0.275. The van der Waals surface area contributed by atoms with E-state index in [1.165, 1.54) is 12.1 Å². The van der Waals surface area contributed by atoms with Crippen LogP contribution in [-0.2, 0) is 6.61 Å². The fourth-order valence-corrected chi connectivity index (χ4v) is 2.79. The number of ether oxygens (including phenoxy) is 1. The van der Waals surface area contributed by atoms with Crippen molar-refractivity contribution in [3.05, 3.63) is 89.7 Å². The van der Waals surface area contributed by atoms with Gasteiger partial charge in [-0.15, -0.1) is 0 Å². The topological polar surface area (TPSA) is 97.5 Å². The number of benzene rings is 3. The van der Waals surface area contributed by atoms with Crippen molar-refractivity contribution in [3.63, 3.8) is 0 Å². The number of carbonyl (C=O) groups is 1. The molecule has 1 aromatic heterocycles. The Morgan fingerprint density at radius 2 is 1.87 bits per heavy atom. The lowest BCUT2D eigenvalue weighted by molar-refractivity contribution is 0.0706. The summed E-state index contributed by atoms with van der Waals surface area (Å²) in [5.74, 6) is -0.0842. The van der Waals surface area contributed by atoms with E-state index in [1.807, 2.05) is 24.3 Å². The monoisotopic (exact) mass is 405 g/mol. The van der Waals surface area contributed by atoms with Gasteiger partial charge in [-0.3, -0.25) is 10.0 Å². The van der Waals surface area contributed by atoms with Crippen LogP contribution >= 0.6 is 0 Å². The van der Waals surface area contributed by atoms with Gasteiger partial charge in [0.15, 0.2) is 0 Å². The number of amides is 1. The molecule has 7 nitrogen and oxygen atoms in total. The summed E-state index contributed by atoms with van der Waals surface area (Å²) in [4.78, 5) is 15.7. The van der Waals surface area contributed by atoms with Crippen LogP contribution in [0.25, 0.3) is 22.8 Å². The van der Waals surface area contributed by atoms with Gasteiger partial charge in [-0.2, -0.15) is 4.98 Å². The maximum absolute atomic E-state index is 13.9. The van der Waals surface area contributed by atoms with E-state index in [-0.39, 0.29) is 23.6 Å². The van der Waals surface area contributed by atoms with Crippen LogP contribution < -0.4 is 10.2 Å². The zero-order chi connectivity index (χ0) is 20.9. The highest BCUT2D eigenvalue weighted by Crippen LogP contribution is 2.24. The largest absolute Gasteiger partial charge is 0.489 e. The molecule has 0 atom stereocenters. The van der Waals surface area contributed by atoms with E-state index in [1.54, 1.807) is 41.9 Å². The quantitative estimate of drug-likeness (QED) is 0.368. The Morgan fingerprint density at radius 1 is 1.07 bits per heavy atom. The van der Waals surface area contributed by atoms with Gasteiger partial charge in [0.1, 0.15) is 18.2 Å². The Bertz CT molecular complexity index is 1170. The molecule has 0 unspecified atom stereocenters. The SMILES string of the molecule is O=C(NO)c1cccc(OCc2ccc(-c3noc(-c4ccccc4F)n3)cc2)c1. The second-order valence-corrected chi connectivity index (χ2v) is 6.36. The average molecular weight is 405 g/mol. The predicted octanol–water partition coefficient (Wildman–Crippen LogP) is 4.24. The van der Waals surface area contributed by atoms with E-state index >= 15 is 0 Å². The van der Waals surface area contributed by atoms with E-state index in [9.17, 15) is 9.18 Å². The number of nitrogens with zero attached hydrogens (tertiary/aromatic N) is 2. The van der Waals surface area contributed by atoms with Crippen molar-refractivity contribution in [3.8, 4) is 28.6 Å². The molecule has 150 valence electrons. The van der Waals surface area contributed by atoms with Crippen LogP contribution in [0.2, 0.25) is 0 Å². The molecule has 8 heteroatoms. The summed E-state index contributed by atoms with van der Waals surface area (Å²) < 4.78 is 24.8. The summed E-state index contributed by atoms with van der Waals surface area (Å²) in [5.41, 5.74) is 3.72. The summed E-state index contributed by atoms with van der Waals surface area (Å²) in [7, 11) is 0. The zero-order valence-corrected chi connectivity index (χ0v) is 15.6. The zero-order valence-electron chi connectivity index (χ0n) is 15.6.